The quantitative estimate of drug-likeness (QED) is 0.691. The van der Waals surface area contributed by atoms with Crippen LogP contribution in [0, 0.1) is 0 Å². The SMILES string of the molecule is CCC(c1ccccc1)c1nn2c(CN3CCCCCC3)nnc2s1. The molecule has 2 aromatic heterocycles. The maximum atomic E-state index is 4.89. The number of fused-ring (bicyclic) bond motifs is 1. The average molecular weight is 356 g/mol. The summed E-state index contributed by atoms with van der Waals surface area (Å²) in [5.41, 5.74) is 1.32. The minimum Gasteiger partial charge on any atom is -0.296 e. The highest BCUT2D eigenvalue weighted by Gasteiger charge is 2.21. The van der Waals surface area contributed by atoms with E-state index in [1.54, 1.807) is 11.3 Å². The van der Waals surface area contributed by atoms with E-state index in [1.807, 2.05) is 4.52 Å². The largest absolute Gasteiger partial charge is 0.296 e. The minimum absolute atomic E-state index is 0.332. The normalized spacial score (nSPS) is 17.6. The molecule has 3 aromatic rings. The Bertz CT molecular complexity index is 802. The third-order valence-electron chi connectivity index (χ3n) is 5.04. The molecular formula is C19H25N5S. The highest BCUT2D eigenvalue weighted by Crippen LogP contribution is 2.31. The fourth-order valence-corrected chi connectivity index (χ4v) is 4.71. The smallest absolute Gasteiger partial charge is 0.234 e. The summed E-state index contributed by atoms with van der Waals surface area (Å²) >= 11 is 1.67. The van der Waals surface area contributed by atoms with Gasteiger partial charge in [0.1, 0.15) is 5.01 Å². The lowest BCUT2D eigenvalue weighted by molar-refractivity contribution is 0.268. The van der Waals surface area contributed by atoms with E-state index >= 15 is 0 Å². The Morgan fingerprint density at radius 1 is 1.04 bits per heavy atom. The van der Waals surface area contributed by atoms with Crippen LogP contribution in [-0.2, 0) is 6.54 Å². The second-order valence-electron chi connectivity index (χ2n) is 6.81. The molecule has 1 unspecified atom stereocenters. The molecule has 3 heterocycles. The first-order valence-electron chi connectivity index (χ1n) is 9.33. The summed E-state index contributed by atoms with van der Waals surface area (Å²) in [7, 11) is 0. The Morgan fingerprint density at radius 2 is 1.80 bits per heavy atom. The highest BCUT2D eigenvalue weighted by molar-refractivity contribution is 7.16. The first-order valence-corrected chi connectivity index (χ1v) is 10.1. The van der Waals surface area contributed by atoms with Crippen LogP contribution in [0.4, 0.5) is 0 Å². The number of benzene rings is 1. The maximum absolute atomic E-state index is 4.89. The summed E-state index contributed by atoms with van der Waals surface area (Å²) in [6.45, 7) is 5.39. The summed E-state index contributed by atoms with van der Waals surface area (Å²) in [4.78, 5) is 3.41. The summed E-state index contributed by atoms with van der Waals surface area (Å²) in [6.07, 6.45) is 6.31. The second-order valence-corrected chi connectivity index (χ2v) is 7.80. The lowest BCUT2D eigenvalue weighted by Gasteiger charge is -2.17. The molecule has 1 fully saturated rings. The number of hydrogen-bond acceptors (Lipinski definition) is 5. The van der Waals surface area contributed by atoms with Crippen LogP contribution in [-0.4, -0.2) is 37.8 Å². The molecule has 4 rings (SSSR count). The molecule has 1 saturated heterocycles. The maximum Gasteiger partial charge on any atom is 0.234 e. The summed E-state index contributed by atoms with van der Waals surface area (Å²) < 4.78 is 1.97. The van der Waals surface area contributed by atoms with E-state index in [0.717, 1.165) is 41.8 Å². The zero-order chi connectivity index (χ0) is 17.1. The molecule has 0 bridgehead atoms. The molecule has 0 aliphatic carbocycles. The van der Waals surface area contributed by atoms with E-state index in [9.17, 15) is 0 Å². The third kappa shape index (κ3) is 3.60. The molecule has 6 heteroatoms. The van der Waals surface area contributed by atoms with Crippen LogP contribution in [0.15, 0.2) is 30.3 Å². The lowest BCUT2D eigenvalue weighted by atomic mass is 9.97. The van der Waals surface area contributed by atoms with E-state index in [2.05, 4.69) is 52.4 Å². The van der Waals surface area contributed by atoms with Gasteiger partial charge in [0.05, 0.1) is 6.54 Å². The van der Waals surface area contributed by atoms with Gasteiger partial charge in [-0.15, -0.1) is 10.2 Å². The Morgan fingerprint density at radius 3 is 2.52 bits per heavy atom. The van der Waals surface area contributed by atoms with Gasteiger partial charge in [-0.3, -0.25) is 4.90 Å². The molecule has 25 heavy (non-hydrogen) atoms. The summed E-state index contributed by atoms with van der Waals surface area (Å²) in [5, 5.41) is 14.8. The van der Waals surface area contributed by atoms with E-state index < -0.39 is 0 Å². The molecule has 132 valence electrons. The van der Waals surface area contributed by atoms with Crippen molar-refractivity contribution in [1.29, 1.82) is 0 Å². The zero-order valence-electron chi connectivity index (χ0n) is 14.8. The van der Waals surface area contributed by atoms with Crippen molar-refractivity contribution in [1.82, 2.24) is 24.7 Å². The van der Waals surface area contributed by atoms with Crippen LogP contribution in [0.2, 0.25) is 0 Å². The fraction of sp³-hybridized carbons (Fsp3) is 0.526. The van der Waals surface area contributed by atoms with Crippen molar-refractivity contribution >= 4 is 16.3 Å². The molecule has 0 amide bonds. The average Bonchev–Trinajstić information content (AvgIpc) is 3.10. The van der Waals surface area contributed by atoms with Gasteiger partial charge in [0, 0.05) is 5.92 Å². The van der Waals surface area contributed by atoms with E-state index in [4.69, 9.17) is 5.10 Å². The molecule has 0 spiro atoms. The lowest BCUT2D eigenvalue weighted by Crippen LogP contribution is -2.25. The van der Waals surface area contributed by atoms with Crippen molar-refractivity contribution in [2.24, 2.45) is 0 Å². The van der Waals surface area contributed by atoms with Gasteiger partial charge in [-0.05, 0) is 37.9 Å². The molecular weight excluding hydrogens is 330 g/mol. The molecule has 0 radical (unpaired) electrons. The molecule has 1 atom stereocenters. The zero-order valence-corrected chi connectivity index (χ0v) is 15.6. The van der Waals surface area contributed by atoms with Crippen molar-refractivity contribution < 1.29 is 0 Å². The van der Waals surface area contributed by atoms with Crippen molar-refractivity contribution in [2.75, 3.05) is 13.1 Å². The molecule has 1 aliphatic heterocycles. The van der Waals surface area contributed by atoms with Crippen LogP contribution in [0.3, 0.4) is 0 Å². The van der Waals surface area contributed by atoms with Crippen molar-refractivity contribution in [3.8, 4) is 0 Å². The van der Waals surface area contributed by atoms with Gasteiger partial charge in [0.2, 0.25) is 4.96 Å². The summed E-state index contributed by atoms with van der Waals surface area (Å²) in [5.74, 6) is 1.31. The van der Waals surface area contributed by atoms with Crippen molar-refractivity contribution in [2.45, 2.75) is 51.5 Å². The first-order chi connectivity index (χ1) is 12.3. The molecule has 1 aliphatic rings. The Hall–Kier alpha value is -1.79. The fourth-order valence-electron chi connectivity index (χ4n) is 3.64. The van der Waals surface area contributed by atoms with Crippen molar-refractivity contribution in [3.05, 3.63) is 46.7 Å². The molecule has 0 N–H and O–H groups in total. The number of hydrogen-bond donors (Lipinski definition) is 0. The Labute approximate surface area is 152 Å². The van der Waals surface area contributed by atoms with Gasteiger partial charge in [-0.1, -0.05) is 61.4 Å². The number of rotatable bonds is 5. The molecule has 1 aromatic carbocycles. The number of nitrogens with zero attached hydrogens (tertiary/aromatic N) is 5. The highest BCUT2D eigenvalue weighted by atomic mass is 32.1. The van der Waals surface area contributed by atoms with Gasteiger partial charge in [-0.2, -0.15) is 9.61 Å². The van der Waals surface area contributed by atoms with Gasteiger partial charge in [0.15, 0.2) is 5.82 Å². The van der Waals surface area contributed by atoms with E-state index in [0.29, 0.717) is 5.92 Å². The standard InChI is InChI=1S/C19H25N5S/c1-2-16(15-10-6-5-7-11-15)18-22-24-17(20-21-19(24)25-18)14-23-12-8-3-4-9-13-23/h5-7,10-11,16H,2-4,8-9,12-14H2,1H3. The van der Waals surface area contributed by atoms with Crippen LogP contribution in [0.25, 0.3) is 4.96 Å². The molecule has 5 nitrogen and oxygen atoms in total. The number of aromatic nitrogens is 4. The van der Waals surface area contributed by atoms with Gasteiger partial charge < -0.3 is 0 Å². The van der Waals surface area contributed by atoms with E-state index in [-0.39, 0.29) is 0 Å². The van der Waals surface area contributed by atoms with Crippen LogP contribution < -0.4 is 0 Å². The Balaban J connectivity index is 1.59. The minimum atomic E-state index is 0.332. The van der Waals surface area contributed by atoms with Crippen LogP contribution >= 0.6 is 11.3 Å². The van der Waals surface area contributed by atoms with Crippen LogP contribution in [0.1, 0.15) is 61.3 Å². The van der Waals surface area contributed by atoms with Gasteiger partial charge in [-0.25, -0.2) is 0 Å². The predicted molar refractivity (Wildman–Crippen MR) is 101 cm³/mol. The second kappa shape index (κ2) is 7.62. The van der Waals surface area contributed by atoms with Crippen molar-refractivity contribution in [3.63, 3.8) is 0 Å². The predicted octanol–water partition coefficient (Wildman–Crippen LogP) is 4.10. The monoisotopic (exact) mass is 355 g/mol. The van der Waals surface area contributed by atoms with E-state index in [1.165, 1.54) is 31.2 Å². The molecule has 0 saturated carbocycles. The van der Waals surface area contributed by atoms with Gasteiger partial charge in [0.25, 0.3) is 0 Å². The van der Waals surface area contributed by atoms with Gasteiger partial charge >= 0.3 is 0 Å². The first kappa shape index (κ1) is 16.7. The summed E-state index contributed by atoms with van der Waals surface area (Å²) in [6, 6.07) is 10.6. The van der Waals surface area contributed by atoms with Crippen LogP contribution in [0.5, 0.6) is 0 Å². The Kier molecular flexibility index (Phi) is 5.08. The number of likely N-dealkylation sites (tertiary alicyclic amines) is 1. The topological polar surface area (TPSA) is 46.3 Å². The third-order valence-corrected chi connectivity index (χ3v) is 6.06.